The van der Waals surface area contributed by atoms with Gasteiger partial charge in [-0.3, -0.25) is 4.79 Å². The lowest BCUT2D eigenvalue weighted by Gasteiger charge is -2.31. The fraction of sp³-hybridized carbons (Fsp3) is 0.276. The Morgan fingerprint density at radius 3 is 2.40 bits per heavy atom. The zero-order valence-corrected chi connectivity index (χ0v) is 20.8. The first-order valence-corrected chi connectivity index (χ1v) is 12.9. The second kappa shape index (κ2) is 8.93. The number of carbonyl (C=O) groups excluding carboxylic acids is 1. The van der Waals surface area contributed by atoms with E-state index in [4.69, 9.17) is 9.47 Å². The van der Waals surface area contributed by atoms with Crippen molar-refractivity contribution in [3.05, 3.63) is 99.7 Å². The largest absolute Gasteiger partial charge is 0.497 e. The maximum atomic E-state index is 14.3. The molecule has 2 aromatic carbocycles. The van der Waals surface area contributed by atoms with Gasteiger partial charge in [-0.05, 0) is 61.1 Å². The fourth-order valence-electron chi connectivity index (χ4n) is 5.47. The van der Waals surface area contributed by atoms with E-state index in [0.717, 1.165) is 24.1 Å². The molecule has 0 saturated heterocycles. The molecule has 0 radical (unpaired) electrons. The molecule has 0 bridgehead atoms. The first-order chi connectivity index (χ1) is 17.2. The number of hydrogen-bond acceptors (Lipinski definition) is 4. The highest BCUT2D eigenvalue weighted by Crippen LogP contribution is 2.44. The van der Waals surface area contributed by atoms with Gasteiger partial charge in [0.1, 0.15) is 16.5 Å². The lowest BCUT2D eigenvalue weighted by atomic mass is 9.94. The summed E-state index contributed by atoms with van der Waals surface area (Å²) in [4.78, 5) is 17.8. The molecule has 4 aromatic rings. The van der Waals surface area contributed by atoms with E-state index in [1.54, 1.807) is 32.4 Å². The van der Waals surface area contributed by atoms with Crippen LogP contribution in [0.15, 0.2) is 66.9 Å². The third kappa shape index (κ3) is 3.73. The topological polar surface area (TPSA) is 43.7 Å². The van der Waals surface area contributed by atoms with E-state index in [2.05, 4.69) is 35.0 Å². The Balaban J connectivity index is 1.55. The van der Waals surface area contributed by atoms with Crippen molar-refractivity contribution < 1.29 is 14.3 Å². The van der Waals surface area contributed by atoms with Crippen LogP contribution < -0.4 is 9.47 Å². The molecule has 0 fully saturated rings. The molecule has 0 saturated carbocycles. The molecule has 0 N–H and O–H groups in total. The monoisotopic (exact) mass is 484 g/mol. The number of fused-ring (bicyclic) bond motifs is 5. The third-order valence-electron chi connectivity index (χ3n) is 7.15. The van der Waals surface area contributed by atoms with E-state index >= 15 is 0 Å². The number of hydrogen-bond donors (Lipinski definition) is 0. The summed E-state index contributed by atoms with van der Waals surface area (Å²) in [7, 11) is 3.22. The van der Waals surface area contributed by atoms with Crippen LogP contribution in [-0.4, -0.2) is 29.6 Å². The van der Waals surface area contributed by atoms with Gasteiger partial charge in [-0.25, -0.2) is 0 Å². The summed E-state index contributed by atoms with van der Waals surface area (Å²) in [6, 6.07) is 19.8. The van der Waals surface area contributed by atoms with Crippen LogP contribution in [0.1, 0.15) is 56.5 Å². The molecule has 2 aromatic heterocycles. The van der Waals surface area contributed by atoms with Gasteiger partial charge >= 0.3 is 0 Å². The standard InChI is InChI=1S/C29H28N2O3S/c1-33-21-15-20(16-22(17-21)34-2)28(32)31-18-24-23-11-6-7-13-26(23)35-29(24)30-14-8-12-25(30)27(31)19-9-4-3-5-10-19/h3-5,8-10,12,14-17,27H,6-7,11,13,18H2,1-2H3/t27-/m1/s1. The van der Waals surface area contributed by atoms with Crippen LogP contribution in [0.25, 0.3) is 5.00 Å². The van der Waals surface area contributed by atoms with Crippen LogP contribution in [0.2, 0.25) is 0 Å². The van der Waals surface area contributed by atoms with E-state index in [0.29, 0.717) is 23.6 Å². The molecule has 0 unspecified atom stereocenters. The van der Waals surface area contributed by atoms with Gasteiger partial charge in [-0.1, -0.05) is 30.3 Å². The van der Waals surface area contributed by atoms with Crippen molar-refractivity contribution in [1.82, 2.24) is 9.47 Å². The van der Waals surface area contributed by atoms with Crippen LogP contribution >= 0.6 is 11.3 Å². The van der Waals surface area contributed by atoms with Gasteiger partial charge in [0.25, 0.3) is 5.91 Å². The number of amides is 1. The quantitative estimate of drug-likeness (QED) is 0.347. The smallest absolute Gasteiger partial charge is 0.255 e. The highest BCUT2D eigenvalue weighted by Gasteiger charge is 2.36. The SMILES string of the molecule is COc1cc(OC)cc(C(=O)N2Cc3c(sc4c3CCCC4)-n3cccc3[C@H]2c2ccccc2)c1. The summed E-state index contributed by atoms with van der Waals surface area (Å²) in [6.45, 7) is 0.570. The van der Waals surface area contributed by atoms with Crippen molar-refractivity contribution in [2.75, 3.05) is 14.2 Å². The minimum absolute atomic E-state index is 0.0348. The van der Waals surface area contributed by atoms with Crippen molar-refractivity contribution in [2.24, 2.45) is 0 Å². The summed E-state index contributed by atoms with van der Waals surface area (Å²) in [5.74, 6) is 1.18. The summed E-state index contributed by atoms with van der Waals surface area (Å²) in [5.41, 5.74) is 5.51. The molecular weight excluding hydrogens is 456 g/mol. The number of thiophene rings is 1. The van der Waals surface area contributed by atoms with Gasteiger partial charge in [-0.15, -0.1) is 11.3 Å². The molecule has 1 amide bonds. The number of benzene rings is 2. The third-order valence-corrected chi connectivity index (χ3v) is 8.49. The minimum atomic E-state index is -0.213. The van der Waals surface area contributed by atoms with Gasteiger partial charge in [0, 0.05) is 28.3 Å². The number of aromatic nitrogens is 1. The second-order valence-corrected chi connectivity index (χ2v) is 10.2. The van der Waals surface area contributed by atoms with E-state index < -0.39 is 0 Å². The van der Waals surface area contributed by atoms with Gasteiger partial charge in [0.2, 0.25) is 0 Å². The Bertz CT molecular complexity index is 1370. The number of rotatable bonds is 4. The Hall–Kier alpha value is -3.51. The van der Waals surface area contributed by atoms with E-state index in [1.165, 1.54) is 33.8 Å². The number of aryl methyl sites for hydroxylation is 1. The molecule has 5 nitrogen and oxygen atoms in total. The van der Waals surface area contributed by atoms with Gasteiger partial charge in [0.05, 0.1) is 32.5 Å². The van der Waals surface area contributed by atoms with Gasteiger partial charge in [0.15, 0.2) is 0 Å². The first kappa shape index (κ1) is 22.0. The van der Waals surface area contributed by atoms with Crippen LogP contribution in [0.4, 0.5) is 0 Å². The Morgan fingerprint density at radius 2 is 1.66 bits per heavy atom. The van der Waals surface area contributed by atoms with E-state index in [1.807, 2.05) is 34.4 Å². The van der Waals surface area contributed by atoms with Crippen molar-refractivity contribution in [1.29, 1.82) is 0 Å². The Labute approximate surface area is 209 Å². The van der Waals surface area contributed by atoms with E-state index in [9.17, 15) is 4.79 Å². The summed E-state index contributed by atoms with van der Waals surface area (Å²) in [6.07, 6.45) is 6.81. The highest BCUT2D eigenvalue weighted by molar-refractivity contribution is 7.15. The van der Waals surface area contributed by atoms with Crippen LogP contribution in [0.3, 0.4) is 0 Å². The van der Waals surface area contributed by atoms with Crippen molar-refractivity contribution in [3.8, 4) is 16.5 Å². The molecule has 0 spiro atoms. The molecule has 6 rings (SSSR count). The molecule has 1 aliphatic heterocycles. The zero-order chi connectivity index (χ0) is 23.9. The molecule has 2 aliphatic rings. The van der Waals surface area contributed by atoms with Crippen LogP contribution in [0.5, 0.6) is 11.5 Å². The number of nitrogens with zero attached hydrogens (tertiary/aromatic N) is 2. The maximum absolute atomic E-state index is 14.3. The van der Waals surface area contributed by atoms with Gasteiger partial charge < -0.3 is 18.9 Å². The average Bonchev–Trinajstić information content (AvgIpc) is 3.50. The Morgan fingerprint density at radius 1 is 0.914 bits per heavy atom. The predicted octanol–water partition coefficient (Wildman–Crippen LogP) is 6.18. The molecule has 35 heavy (non-hydrogen) atoms. The molecule has 1 atom stereocenters. The van der Waals surface area contributed by atoms with Crippen molar-refractivity contribution in [3.63, 3.8) is 0 Å². The molecule has 1 aliphatic carbocycles. The normalized spacial score (nSPS) is 16.6. The number of ether oxygens (including phenoxy) is 2. The fourth-order valence-corrected chi connectivity index (χ4v) is 6.87. The Kier molecular flexibility index (Phi) is 5.61. The van der Waals surface area contributed by atoms with E-state index in [-0.39, 0.29) is 11.9 Å². The molecule has 3 heterocycles. The first-order valence-electron chi connectivity index (χ1n) is 12.1. The highest BCUT2D eigenvalue weighted by atomic mass is 32.1. The average molecular weight is 485 g/mol. The zero-order valence-electron chi connectivity index (χ0n) is 20.0. The lowest BCUT2D eigenvalue weighted by molar-refractivity contribution is 0.0690. The van der Waals surface area contributed by atoms with Crippen molar-refractivity contribution in [2.45, 2.75) is 38.3 Å². The van der Waals surface area contributed by atoms with Crippen molar-refractivity contribution >= 4 is 17.2 Å². The minimum Gasteiger partial charge on any atom is -0.497 e. The summed E-state index contributed by atoms with van der Waals surface area (Å²) < 4.78 is 13.3. The maximum Gasteiger partial charge on any atom is 0.255 e. The molecular formula is C29H28N2O3S. The number of methoxy groups -OCH3 is 2. The molecule has 6 heteroatoms. The summed E-state index contributed by atoms with van der Waals surface area (Å²) in [5, 5.41) is 1.26. The summed E-state index contributed by atoms with van der Waals surface area (Å²) >= 11 is 1.90. The molecule has 178 valence electrons. The number of carbonyl (C=O) groups is 1. The van der Waals surface area contributed by atoms with Crippen LogP contribution in [-0.2, 0) is 19.4 Å². The predicted molar refractivity (Wildman–Crippen MR) is 138 cm³/mol. The second-order valence-electron chi connectivity index (χ2n) is 9.15. The lowest BCUT2D eigenvalue weighted by Crippen LogP contribution is -2.35. The van der Waals surface area contributed by atoms with Crippen LogP contribution in [0, 0.1) is 0 Å². The van der Waals surface area contributed by atoms with Gasteiger partial charge in [-0.2, -0.15) is 0 Å².